The van der Waals surface area contributed by atoms with Gasteiger partial charge in [0.15, 0.2) is 5.06 Å². The van der Waals surface area contributed by atoms with Gasteiger partial charge in [-0.3, -0.25) is 0 Å². The van der Waals surface area contributed by atoms with E-state index in [4.69, 9.17) is 0 Å². The van der Waals surface area contributed by atoms with Crippen LogP contribution in [0.15, 0.2) is 6.07 Å². The van der Waals surface area contributed by atoms with Gasteiger partial charge >= 0.3 is 0 Å². The Morgan fingerprint density at radius 3 is 2.88 bits per heavy atom. The van der Waals surface area contributed by atoms with Crippen molar-refractivity contribution in [2.24, 2.45) is 0 Å². The van der Waals surface area contributed by atoms with Gasteiger partial charge in [0.2, 0.25) is 0 Å². The summed E-state index contributed by atoms with van der Waals surface area (Å²) in [6.45, 7) is 0. The monoisotopic (exact) mass is 131 g/mol. The molecule has 1 nitrogen and oxygen atoms in total. The first-order chi connectivity index (χ1) is 3.83. The van der Waals surface area contributed by atoms with Gasteiger partial charge < -0.3 is 4.74 Å². The lowest BCUT2D eigenvalue weighted by molar-refractivity contribution is 0.425. The summed E-state index contributed by atoms with van der Waals surface area (Å²) in [6.07, 6.45) is 0. The molecule has 1 radical (unpaired) electrons. The van der Waals surface area contributed by atoms with Gasteiger partial charge in [0, 0.05) is 6.07 Å². The van der Waals surface area contributed by atoms with Gasteiger partial charge in [0.1, 0.15) is 5.82 Å². The van der Waals surface area contributed by atoms with Crippen LogP contribution in [0.3, 0.4) is 0 Å². The van der Waals surface area contributed by atoms with Gasteiger partial charge in [0.05, 0.1) is 12.5 Å². The van der Waals surface area contributed by atoms with Crippen molar-refractivity contribution >= 4 is 11.3 Å². The molecule has 0 unspecified atom stereocenters. The van der Waals surface area contributed by atoms with Crippen molar-refractivity contribution in [3.63, 3.8) is 0 Å². The molecule has 1 aromatic rings. The fourth-order valence-electron chi connectivity index (χ4n) is 0.362. The Morgan fingerprint density at radius 2 is 2.62 bits per heavy atom. The quantitative estimate of drug-likeness (QED) is 0.563. The molecule has 8 heavy (non-hydrogen) atoms. The minimum absolute atomic E-state index is 0.355. The maximum Gasteiger partial charge on any atom is 0.176 e. The van der Waals surface area contributed by atoms with Crippen LogP contribution in [0, 0.1) is 11.2 Å². The van der Waals surface area contributed by atoms with Crippen LogP contribution in [0.25, 0.3) is 0 Å². The molecule has 0 saturated carbocycles. The maximum absolute atomic E-state index is 12.0. The zero-order valence-corrected chi connectivity index (χ0v) is 5.09. The van der Waals surface area contributed by atoms with E-state index in [9.17, 15) is 4.39 Å². The molecule has 1 heterocycles. The van der Waals surface area contributed by atoms with E-state index in [1.807, 2.05) is 0 Å². The number of thiophene rings is 1. The Labute approximate surface area is 50.7 Å². The van der Waals surface area contributed by atoms with Crippen LogP contribution in [-0.4, -0.2) is 7.11 Å². The molecule has 0 fully saturated rings. The lowest BCUT2D eigenvalue weighted by Gasteiger charge is -1.86. The van der Waals surface area contributed by atoms with E-state index >= 15 is 0 Å². The minimum atomic E-state index is -0.355. The van der Waals surface area contributed by atoms with Crippen LogP contribution in [0.5, 0.6) is 5.06 Å². The van der Waals surface area contributed by atoms with E-state index in [0.29, 0.717) is 5.06 Å². The summed E-state index contributed by atoms with van der Waals surface area (Å²) in [5, 5.41) is 2.93. The molecule has 3 heteroatoms. The summed E-state index contributed by atoms with van der Waals surface area (Å²) >= 11 is 1.13. The Kier molecular flexibility index (Phi) is 1.48. The lowest BCUT2D eigenvalue weighted by atomic mass is 10.6. The topological polar surface area (TPSA) is 9.23 Å². The highest BCUT2D eigenvalue weighted by Crippen LogP contribution is 2.19. The third kappa shape index (κ3) is 0.980. The second-order valence-corrected chi connectivity index (χ2v) is 2.03. The average molecular weight is 131 g/mol. The molecule has 0 spiro atoms. The van der Waals surface area contributed by atoms with Gasteiger partial charge in [-0.15, -0.1) is 0 Å². The Morgan fingerprint density at radius 1 is 1.88 bits per heavy atom. The standard InChI is InChI=1S/C5H4FOS/c1-7-5-2-4(6)3-8-5/h2H,1H3. The molecule has 0 amide bonds. The first kappa shape index (κ1) is 5.56. The Hall–Kier alpha value is -0.570. The first-order valence-electron chi connectivity index (χ1n) is 2.04. The molecule has 1 rings (SSSR count). The van der Waals surface area contributed by atoms with Gasteiger partial charge in [-0.25, -0.2) is 4.39 Å². The van der Waals surface area contributed by atoms with Crippen LogP contribution in [-0.2, 0) is 0 Å². The highest BCUT2D eigenvalue weighted by atomic mass is 32.1. The van der Waals surface area contributed by atoms with Crippen molar-refractivity contribution in [2.45, 2.75) is 0 Å². The number of hydrogen-bond acceptors (Lipinski definition) is 2. The molecule has 43 valence electrons. The third-order valence-corrected chi connectivity index (χ3v) is 1.48. The molecule has 0 saturated heterocycles. The average Bonchev–Trinajstić information content (AvgIpc) is 2.14. The van der Waals surface area contributed by atoms with Crippen LogP contribution in [0.2, 0.25) is 0 Å². The predicted molar refractivity (Wildman–Crippen MR) is 29.7 cm³/mol. The van der Waals surface area contributed by atoms with Crippen LogP contribution >= 0.6 is 11.3 Å². The number of ether oxygens (including phenoxy) is 1. The van der Waals surface area contributed by atoms with Gasteiger partial charge in [-0.1, -0.05) is 11.3 Å². The van der Waals surface area contributed by atoms with E-state index in [1.165, 1.54) is 13.2 Å². The molecule has 0 N–H and O–H groups in total. The Balaban J connectivity index is 2.84. The highest BCUT2D eigenvalue weighted by molar-refractivity contribution is 7.11. The van der Waals surface area contributed by atoms with E-state index in [1.54, 1.807) is 0 Å². The molecule has 0 atom stereocenters. The normalized spacial score (nSPS) is 9.25. The molecular formula is C5H4FOS. The van der Waals surface area contributed by atoms with Crippen LogP contribution < -0.4 is 4.74 Å². The summed E-state index contributed by atoms with van der Waals surface area (Å²) in [6, 6.07) is 1.30. The molecule has 1 aromatic heterocycles. The number of hydrogen-bond donors (Lipinski definition) is 0. The molecule has 0 bridgehead atoms. The smallest absolute Gasteiger partial charge is 0.176 e. The minimum Gasteiger partial charge on any atom is -0.487 e. The van der Waals surface area contributed by atoms with Crippen LogP contribution in [0.1, 0.15) is 0 Å². The van der Waals surface area contributed by atoms with E-state index in [0.717, 1.165) is 11.3 Å². The number of halogens is 1. The molecule has 0 aromatic carbocycles. The second kappa shape index (κ2) is 2.13. The number of methoxy groups -OCH3 is 1. The fraction of sp³-hybridized carbons (Fsp3) is 0.200. The van der Waals surface area contributed by atoms with Gasteiger partial charge in [0.25, 0.3) is 0 Å². The maximum atomic E-state index is 12.0. The van der Waals surface area contributed by atoms with Crippen molar-refractivity contribution in [1.82, 2.24) is 0 Å². The van der Waals surface area contributed by atoms with E-state index < -0.39 is 0 Å². The summed E-state index contributed by atoms with van der Waals surface area (Å²) in [5.74, 6) is -0.355. The summed E-state index contributed by atoms with van der Waals surface area (Å²) in [4.78, 5) is 0. The number of rotatable bonds is 1. The second-order valence-electron chi connectivity index (χ2n) is 1.22. The summed E-state index contributed by atoms with van der Waals surface area (Å²) in [7, 11) is 1.50. The fourth-order valence-corrected chi connectivity index (χ4v) is 0.865. The summed E-state index contributed by atoms with van der Waals surface area (Å²) < 4.78 is 16.7. The van der Waals surface area contributed by atoms with E-state index in [2.05, 4.69) is 10.1 Å². The Bertz CT molecular complexity index is 173. The van der Waals surface area contributed by atoms with Crippen molar-refractivity contribution in [2.75, 3.05) is 7.11 Å². The van der Waals surface area contributed by atoms with E-state index in [-0.39, 0.29) is 5.82 Å². The van der Waals surface area contributed by atoms with Crippen molar-refractivity contribution in [3.8, 4) is 5.06 Å². The van der Waals surface area contributed by atoms with Gasteiger partial charge in [-0.2, -0.15) is 0 Å². The SMILES string of the molecule is COc1cc(F)[c]s1. The first-order valence-corrected chi connectivity index (χ1v) is 2.85. The highest BCUT2D eigenvalue weighted by Gasteiger charge is 1.95. The molecular weight excluding hydrogens is 127 g/mol. The zero-order valence-electron chi connectivity index (χ0n) is 4.27. The largest absolute Gasteiger partial charge is 0.487 e. The summed E-state index contributed by atoms with van der Waals surface area (Å²) in [5.41, 5.74) is 0. The lowest BCUT2D eigenvalue weighted by Crippen LogP contribution is -1.73. The third-order valence-electron chi connectivity index (χ3n) is 0.695. The predicted octanol–water partition coefficient (Wildman–Crippen LogP) is 1.70. The molecule has 0 aliphatic heterocycles. The molecule has 0 aliphatic rings. The van der Waals surface area contributed by atoms with Crippen LogP contribution in [0.4, 0.5) is 4.39 Å². The van der Waals surface area contributed by atoms with Crippen molar-refractivity contribution < 1.29 is 9.13 Å². The van der Waals surface area contributed by atoms with Crippen molar-refractivity contribution in [1.29, 1.82) is 0 Å². The molecule has 0 aliphatic carbocycles. The van der Waals surface area contributed by atoms with Crippen molar-refractivity contribution in [3.05, 3.63) is 17.3 Å². The zero-order chi connectivity index (χ0) is 5.98. The van der Waals surface area contributed by atoms with Gasteiger partial charge in [-0.05, 0) is 0 Å².